The summed E-state index contributed by atoms with van der Waals surface area (Å²) in [5.41, 5.74) is 0. The SMILES string of the molecule is Cc1ccc(C(=O)C2CCOCC2C)o1. The first-order valence-electron chi connectivity index (χ1n) is 5.37. The molecule has 2 rings (SSSR count). The lowest BCUT2D eigenvalue weighted by atomic mass is 9.85. The van der Waals surface area contributed by atoms with Crippen molar-refractivity contribution in [2.24, 2.45) is 11.8 Å². The van der Waals surface area contributed by atoms with E-state index >= 15 is 0 Å². The molecule has 1 aliphatic rings. The zero-order valence-electron chi connectivity index (χ0n) is 9.16. The minimum Gasteiger partial charge on any atom is -0.458 e. The Kier molecular flexibility index (Phi) is 2.91. The topological polar surface area (TPSA) is 39.4 Å². The minimum absolute atomic E-state index is 0.0595. The van der Waals surface area contributed by atoms with Gasteiger partial charge in [0.25, 0.3) is 0 Å². The molecular formula is C12H16O3. The largest absolute Gasteiger partial charge is 0.458 e. The quantitative estimate of drug-likeness (QED) is 0.701. The standard InChI is InChI=1S/C12H16O3/c1-8-7-14-6-5-10(8)12(13)11-4-3-9(2)15-11/h3-4,8,10H,5-7H2,1-2H3. The van der Waals surface area contributed by atoms with Crippen molar-refractivity contribution in [3.63, 3.8) is 0 Å². The molecule has 3 nitrogen and oxygen atoms in total. The summed E-state index contributed by atoms with van der Waals surface area (Å²) in [7, 11) is 0. The normalized spacial score (nSPS) is 26.5. The van der Waals surface area contributed by atoms with Crippen LogP contribution < -0.4 is 0 Å². The Labute approximate surface area is 89.4 Å². The third-order valence-corrected chi connectivity index (χ3v) is 2.96. The number of ketones is 1. The van der Waals surface area contributed by atoms with Crippen molar-refractivity contribution in [2.75, 3.05) is 13.2 Å². The maximum atomic E-state index is 12.1. The van der Waals surface area contributed by atoms with Crippen LogP contribution in [0.25, 0.3) is 0 Å². The molecule has 15 heavy (non-hydrogen) atoms. The second kappa shape index (κ2) is 4.19. The van der Waals surface area contributed by atoms with Gasteiger partial charge in [0, 0.05) is 19.1 Å². The molecule has 0 saturated carbocycles. The summed E-state index contributed by atoms with van der Waals surface area (Å²) in [5.74, 6) is 1.75. The summed E-state index contributed by atoms with van der Waals surface area (Å²) >= 11 is 0. The first-order chi connectivity index (χ1) is 7.18. The van der Waals surface area contributed by atoms with Crippen molar-refractivity contribution in [3.05, 3.63) is 23.7 Å². The van der Waals surface area contributed by atoms with E-state index in [0.717, 1.165) is 12.2 Å². The second-order valence-electron chi connectivity index (χ2n) is 4.22. The highest BCUT2D eigenvalue weighted by atomic mass is 16.5. The molecule has 0 aromatic carbocycles. The number of ether oxygens (including phenoxy) is 1. The number of hydrogen-bond donors (Lipinski definition) is 0. The lowest BCUT2D eigenvalue weighted by Gasteiger charge is -2.26. The van der Waals surface area contributed by atoms with Crippen LogP contribution in [0.4, 0.5) is 0 Å². The summed E-state index contributed by atoms with van der Waals surface area (Å²) in [6, 6.07) is 3.59. The van der Waals surface area contributed by atoms with Gasteiger partial charge in [-0.05, 0) is 31.4 Å². The van der Waals surface area contributed by atoms with Crippen molar-refractivity contribution >= 4 is 5.78 Å². The van der Waals surface area contributed by atoms with Gasteiger partial charge >= 0.3 is 0 Å². The van der Waals surface area contributed by atoms with Gasteiger partial charge in [-0.25, -0.2) is 0 Å². The van der Waals surface area contributed by atoms with Crippen molar-refractivity contribution in [3.8, 4) is 0 Å². The Balaban J connectivity index is 2.13. The van der Waals surface area contributed by atoms with E-state index in [1.807, 2.05) is 13.0 Å². The number of carbonyl (C=O) groups excluding carboxylic acids is 1. The fourth-order valence-electron chi connectivity index (χ4n) is 2.02. The molecule has 0 aliphatic carbocycles. The summed E-state index contributed by atoms with van der Waals surface area (Å²) in [6.07, 6.45) is 0.805. The van der Waals surface area contributed by atoms with Gasteiger partial charge in [-0.1, -0.05) is 6.92 Å². The van der Waals surface area contributed by atoms with Crippen LogP contribution >= 0.6 is 0 Å². The molecule has 1 aromatic heterocycles. The zero-order chi connectivity index (χ0) is 10.8. The first-order valence-corrected chi connectivity index (χ1v) is 5.37. The number of Topliss-reactive ketones (excluding diaryl/α,β-unsaturated/α-hetero) is 1. The molecule has 3 heteroatoms. The number of hydrogen-bond acceptors (Lipinski definition) is 3. The van der Waals surface area contributed by atoms with Gasteiger partial charge in [0.1, 0.15) is 5.76 Å². The first kappa shape index (κ1) is 10.4. The van der Waals surface area contributed by atoms with Crippen LogP contribution in [0.5, 0.6) is 0 Å². The molecule has 0 spiro atoms. The fraction of sp³-hybridized carbons (Fsp3) is 0.583. The maximum absolute atomic E-state index is 12.1. The lowest BCUT2D eigenvalue weighted by Crippen LogP contribution is -2.31. The van der Waals surface area contributed by atoms with E-state index in [0.29, 0.717) is 19.0 Å². The summed E-state index contributed by atoms with van der Waals surface area (Å²) in [6.45, 7) is 5.26. The Morgan fingerprint density at radius 3 is 2.87 bits per heavy atom. The van der Waals surface area contributed by atoms with Crippen LogP contribution in [0.3, 0.4) is 0 Å². The monoisotopic (exact) mass is 208 g/mol. The summed E-state index contributed by atoms with van der Waals surface area (Å²) in [5, 5.41) is 0. The van der Waals surface area contributed by atoms with E-state index in [9.17, 15) is 4.79 Å². The summed E-state index contributed by atoms with van der Waals surface area (Å²) < 4.78 is 10.7. The highest BCUT2D eigenvalue weighted by Crippen LogP contribution is 2.25. The predicted octanol–water partition coefficient (Wildman–Crippen LogP) is 2.44. The highest BCUT2D eigenvalue weighted by molar-refractivity contribution is 5.95. The molecule has 0 radical (unpaired) electrons. The smallest absolute Gasteiger partial charge is 0.201 e. The van der Waals surface area contributed by atoms with Crippen LogP contribution in [-0.2, 0) is 4.74 Å². The van der Waals surface area contributed by atoms with E-state index in [1.165, 1.54) is 0 Å². The molecule has 1 aromatic rings. The second-order valence-corrected chi connectivity index (χ2v) is 4.22. The van der Waals surface area contributed by atoms with E-state index in [1.54, 1.807) is 6.07 Å². The summed E-state index contributed by atoms with van der Waals surface area (Å²) in [4.78, 5) is 12.1. The van der Waals surface area contributed by atoms with Crippen LogP contribution in [0.15, 0.2) is 16.5 Å². The van der Waals surface area contributed by atoms with Crippen molar-refractivity contribution in [1.29, 1.82) is 0 Å². The van der Waals surface area contributed by atoms with Gasteiger partial charge in [-0.15, -0.1) is 0 Å². The number of carbonyl (C=O) groups is 1. The highest BCUT2D eigenvalue weighted by Gasteiger charge is 2.30. The number of rotatable bonds is 2. The average Bonchev–Trinajstić information content (AvgIpc) is 2.65. The van der Waals surface area contributed by atoms with E-state index in [2.05, 4.69) is 6.92 Å². The molecule has 0 amide bonds. The Bertz CT molecular complexity index is 354. The van der Waals surface area contributed by atoms with E-state index < -0.39 is 0 Å². The predicted molar refractivity (Wildman–Crippen MR) is 55.9 cm³/mol. The van der Waals surface area contributed by atoms with Crippen LogP contribution in [0.1, 0.15) is 29.7 Å². The fourth-order valence-corrected chi connectivity index (χ4v) is 2.02. The molecule has 2 unspecified atom stereocenters. The van der Waals surface area contributed by atoms with Crippen molar-refractivity contribution in [2.45, 2.75) is 20.3 Å². The van der Waals surface area contributed by atoms with Crippen LogP contribution in [0.2, 0.25) is 0 Å². The molecule has 0 N–H and O–H groups in total. The molecule has 1 fully saturated rings. The van der Waals surface area contributed by atoms with Gasteiger partial charge in [-0.3, -0.25) is 4.79 Å². The van der Waals surface area contributed by atoms with Crippen LogP contribution in [0, 0.1) is 18.8 Å². The third kappa shape index (κ3) is 2.12. The van der Waals surface area contributed by atoms with Crippen molar-refractivity contribution in [1.82, 2.24) is 0 Å². The van der Waals surface area contributed by atoms with Gasteiger partial charge in [0.2, 0.25) is 5.78 Å². The van der Waals surface area contributed by atoms with Gasteiger partial charge in [-0.2, -0.15) is 0 Å². The van der Waals surface area contributed by atoms with E-state index in [4.69, 9.17) is 9.15 Å². The van der Waals surface area contributed by atoms with Gasteiger partial charge in [0.05, 0.1) is 0 Å². The third-order valence-electron chi connectivity index (χ3n) is 2.96. The van der Waals surface area contributed by atoms with Crippen LogP contribution in [-0.4, -0.2) is 19.0 Å². The molecule has 0 bridgehead atoms. The average molecular weight is 208 g/mol. The molecule has 1 aliphatic heterocycles. The maximum Gasteiger partial charge on any atom is 0.201 e. The molecular weight excluding hydrogens is 192 g/mol. The zero-order valence-corrected chi connectivity index (χ0v) is 9.16. The Morgan fingerprint density at radius 1 is 1.47 bits per heavy atom. The van der Waals surface area contributed by atoms with Gasteiger partial charge in [0.15, 0.2) is 5.76 Å². The molecule has 1 saturated heterocycles. The molecule has 2 atom stereocenters. The minimum atomic E-state index is 0.0595. The van der Waals surface area contributed by atoms with Crippen molar-refractivity contribution < 1.29 is 13.9 Å². The Morgan fingerprint density at radius 2 is 2.27 bits per heavy atom. The lowest BCUT2D eigenvalue weighted by molar-refractivity contribution is 0.0228. The van der Waals surface area contributed by atoms with E-state index in [-0.39, 0.29) is 17.6 Å². The molecule has 82 valence electrons. The number of aryl methyl sites for hydroxylation is 1. The van der Waals surface area contributed by atoms with Gasteiger partial charge < -0.3 is 9.15 Å². The molecule has 2 heterocycles. The number of furan rings is 1. The Hall–Kier alpha value is -1.09.